The van der Waals surface area contributed by atoms with Gasteiger partial charge >= 0.3 is 12.0 Å². The molecule has 3 amide bonds. The summed E-state index contributed by atoms with van der Waals surface area (Å²) in [4.78, 5) is 32.0. The predicted molar refractivity (Wildman–Crippen MR) is 37.3 cm³/mol. The predicted octanol–water partition coefficient (Wildman–Crippen LogP) is -1.08. The van der Waals surface area contributed by atoms with E-state index < -0.39 is 29.9 Å². The molecule has 0 aliphatic carbocycles. The first kappa shape index (κ1) is 8.51. The zero-order valence-corrected chi connectivity index (χ0v) is 6.33. The minimum absolute atomic E-state index is 0.564. The van der Waals surface area contributed by atoms with Gasteiger partial charge in [0, 0.05) is 0 Å². The second-order valence-corrected chi connectivity index (χ2v) is 2.57. The van der Waals surface area contributed by atoms with Crippen molar-refractivity contribution in [2.24, 2.45) is 5.92 Å². The monoisotopic (exact) mass is 172 g/mol. The van der Waals surface area contributed by atoms with E-state index in [1.54, 1.807) is 0 Å². The molecule has 0 unspecified atom stereocenters. The molecule has 0 radical (unpaired) electrons. The lowest BCUT2D eigenvalue weighted by atomic mass is 10.00. The minimum Gasteiger partial charge on any atom is -0.480 e. The van der Waals surface area contributed by atoms with Crippen LogP contribution in [-0.2, 0) is 9.59 Å². The van der Waals surface area contributed by atoms with E-state index >= 15 is 0 Å². The van der Waals surface area contributed by atoms with Crippen LogP contribution >= 0.6 is 0 Å². The molecule has 6 nitrogen and oxygen atoms in total. The summed E-state index contributed by atoms with van der Waals surface area (Å²) in [6.45, 7) is 1.44. The third-order valence-electron chi connectivity index (χ3n) is 1.70. The van der Waals surface area contributed by atoms with Crippen molar-refractivity contribution in [3.05, 3.63) is 0 Å². The molecule has 0 aromatic heterocycles. The summed E-state index contributed by atoms with van der Waals surface area (Å²) in [6.07, 6.45) is 0. The molecule has 6 heteroatoms. The van der Waals surface area contributed by atoms with Gasteiger partial charge < -0.3 is 10.4 Å². The van der Waals surface area contributed by atoms with Crippen molar-refractivity contribution in [1.82, 2.24) is 10.6 Å². The van der Waals surface area contributed by atoms with Gasteiger partial charge in [-0.15, -0.1) is 0 Å². The Bertz CT molecular complexity index is 250. The molecule has 3 N–H and O–H groups in total. The molecule has 1 saturated heterocycles. The average molecular weight is 172 g/mol. The molecule has 0 aromatic rings. The van der Waals surface area contributed by atoms with Gasteiger partial charge in [0.05, 0.1) is 5.92 Å². The normalized spacial score (nSPS) is 29.1. The van der Waals surface area contributed by atoms with Crippen LogP contribution in [0.25, 0.3) is 0 Å². The fourth-order valence-corrected chi connectivity index (χ4v) is 0.955. The van der Waals surface area contributed by atoms with Gasteiger partial charge in [-0.25, -0.2) is 9.59 Å². The second-order valence-electron chi connectivity index (χ2n) is 2.57. The SMILES string of the molecule is C[C@H]1C(=O)NC(=O)N[C@@H]1C(=O)O. The summed E-state index contributed by atoms with van der Waals surface area (Å²) in [7, 11) is 0. The maximum absolute atomic E-state index is 10.9. The van der Waals surface area contributed by atoms with Gasteiger partial charge in [0.15, 0.2) is 0 Å². The molecule has 1 fully saturated rings. The molecule has 0 aromatic carbocycles. The quantitative estimate of drug-likeness (QED) is 0.468. The van der Waals surface area contributed by atoms with Crippen LogP contribution in [0, 0.1) is 5.92 Å². The highest BCUT2D eigenvalue weighted by Gasteiger charge is 2.36. The third-order valence-corrected chi connectivity index (χ3v) is 1.70. The number of carboxylic acids is 1. The summed E-state index contributed by atoms with van der Waals surface area (Å²) in [5, 5.41) is 12.6. The molecule has 1 aliphatic rings. The van der Waals surface area contributed by atoms with Gasteiger partial charge in [-0.3, -0.25) is 10.1 Å². The number of aliphatic carboxylic acids is 1. The molecule has 0 bridgehead atoms. The van der Waals surface area contributed by atoms with Crippen molar-refractivity contribution >= 4 is 17.9 Å². The summed E-state index contributed by atoms with van der Waals surface area (Å²) < 4.78 is 0. The Kier molecular flexibility index (Phi) is 1.99. The van der Waals surface area contributed by atoms with Crippen molar-refractivity contribution in [2.45, 2.75) is 13.0 Å². The van der Waals surface area contributed by atoms with E-state index in [4.69, 9.17) is 5.11 Å². The van der Waals surface area contributed by atoms with E-state index in [0.717, 1.165) is 0 Å². The van der Waals surface area contributed by atoms with E-state index in [1.165, 1.54) is 6.92 Å². The summed E-state index contributed by atoms with van der Waals surface area (Å²) in [6, 6.07) is -1.88. The van der Waals surface area contributed by atoms with Gasteiger partial charge in [0.25, 0.3) is 0 Å². The standard InChI is InChI=1S/C6H8N2O4/c1-2-3(5(10)11)7-6(12)8-4(2)9/h2-3H,1H3,(H,10,11)(H2,7,8,9,12)/t2-,3+/m1/s1. The Hall–Kier alpha value is -1.59. The van der Waals surface area contributed by atoms with Gasteiger partial charge in [-0.2, -0.15) is 0 Å². The summed E-state index contributed by atoms with van der Waals surface area (Å²) in [5.74, 6) is -2.50. The molecule has 66 valence electrons. The Morgan fingerprint density at radius 3 is 2.58 bits per heavy atom. The summed E-state index contributed by atoms with van der Waals surface area (Å²) in [5.41, 5.74) is 0. The molecular formula is C6H8N2O4. The van der Waals surface area contributed by atoms with Gasteiger partial charge in [-0.1, -0.05) is 6.92 Å². The first-order chi connectivity index (χ1) is 5.52. The van der Waals surface area contributed by atoms with E-state index in [0.29, 0.717) is 0 Å². The van der Waals surface area contributed by atoms with Gasteiger partial charge in [-0.05, 0) is 0 Å². The highest BCUT2D eigenvalue weighted by Crippen LogP contribution is 2.07. The first-order valence-corrected chi connectivity index (χ1v) is 3.36. The lowest BCUT2D eigenvalue weighted by molar-refractivity contribution is -0.144. The fraction of sp³-hybridized carbons (Fsp3) is 0.500. The molecular weight excluding hydrogens is 164 g/mol. The maximum atomic E-state index is 10.9. The van der Waals surface area contributed by atoms with Crippen LogP contribution in [-0.4, -0.2) is 29.1 Å². The number of rotatable bonds is 1. The van der Waals surface area contributed by atoms with Crippen LogP contribution in [0.2, 0.25) is 0 Å². The topological polar surface area (TPSA) is 95.5 Å². The zero-order valence-electron chi connectivity index (χ0n) is 6.33. The van der Waals surface area contributed by atoms with Crippen molar-refractivity contribution in [1.29, 1.82) is 0 Å². The fourth-order valence-electron chi connectivity index (χ4n) is 0.955. The largest absolute Gasteiger partial charge is 0.480 e. The maximum Gasteiger partial charge on any atom is 0.327 e. The molecule has 1 rings (SSSR count). The van der Waals surface area contributed by atoms with Gasteiger partial charge in [0.2, 0.25) is 5.91 Å². The van der Waals surface area contributed by atoms with E-state index in [2.05, 4.69) is 5.32 Å². The second kappa shape index (κ2) is 2.80. The number of carbonyl (C=O) groups is 3. The number of urea groups is 1. The van der Waals surface area contributed by atoms with E-state index in [1.807, 2.05) is 5.32 Å². The van der Waals surface area contributed by atoms with Crippen molar-refractivity contribution < 1.29 is 19.5 Å². The molecule has 0 saturated carbocycles. The van der Waals surface area contributed by atoms with Crippen LogP contribution in [0.15, 0.2) is 0 Å². The van der Waals surface area contributed by atoms with Crippen LogP contribution in [0.4, 0.5) is 4.79 Å². The number of carboxylic acid groups (broad SMARTS) is 1. The number of nitrogens with one attached hydrogen (secondary N) is 2. The first-order valence-electron chi connectivity index (χ1n) is 3.36. The van der Waals surface area contributed by atoms with E-state index in [9.17, 15) is 14.4 Å². The number of imide groups is 1. The average Bonchev–Trinajstić information content (AvgIpc) is 1.96. The van der Waals surface area contributed by atoms with Crippen LogP contribution < -0.4 is 10.6 Å². The number of amides is 3. The summed E-state index contributed by atoms with van der Waals surface area (Å²) >= 11 is 0. The van der Waals surface area contributed by atoms with Crippen molar-refractivity contribution in [3.8, 4) is 0 Å². The lowest BCUT2D eigenvalue weighted by Crippen LogP contribution is -2.60. The van der Waals surface area contributed by atoms with Crippen LogP contribution in [0.1, 0.15) is 6.92 Å². The van der Waals surface area contributed by atoms with Gasteiger partial charge in [0.1, 0.15) is 6.04 Å². The number of hydrogen-bond acceptors (Lipinski definition) is 3. The van der Waals surface area contributed by atoms with Crippen LogP contribution in [0.5, 0.6) is 0 Å². The Morgan fingerprint density at radius 2 is 2.08 bits per heavy atom. The van der Waals surface area contributed by atoms with Crippen LogP contribution in [0.3, 0.4) is 0 Å². The molecule has 1 heterocycles. The zero-order chi connectivity index (χ0) is 9.30. The minimum atomic E-state index is -1.20. The third kappa shape index (κ3) is 1.36. The Labute approximate surface area is 67.9 Å². The smallest absolute Gasteiger partial charge is 0.327 e. The Balaban J connectivity index is 2.79. The molecule has 0 spiro atoms. The Morgan fingerprint density at radius 1 is 1.50 bits per heavy atom. The molecule has 12 heavy (non-hydrogen) atoms. The highest BCUT2D eigenvalue weighted by molar-refractivity contribution is 6.02. The molecule has 2 atom stereocenters. The lowest BCUT2D eigenvalue weighted by Gasteiger charge is -2.25. The van der Waals surface area contributed by atoms with Crippen molar-refractivity contribution in [3.63, 3.8) is 0 Å². The highest BCUT2D eigenvalue weighted by atomic mass is 16.4. The number of carbonyl (C=O) groups excluding carboxylic acids is 2. The number of hydrogen-bond donors (Lipinski definition) is 3. The molecule has 1 aliphatic heterocycles. The van der Waals surface area contributed by atoms with E-state index in [-0.39, 0.29) is 0 Å². The van der Waals surface area contributed by atoms with Crippen molar-refractivity contribution in [2.75, 3.05) is 0 Å².